The molecule has 0 spiro atoms. The Morgan fingerprint density at radius 1 is 1.78 bits per heavy atom. The van der Waals surface area contributed by atoms with Gasteiger partial charge in [-0.15, -0.1) is 6.58 Å². The smallest absolute Gasteiger partial charge is 0.0210 e. The Hall–Kier alpha value is -0.340. The molecule has 0 aliphatic heterocycles. The molecule has 2 heteroatoms. The van der Waals surface area contributed by atoms with Crippen LogP contribution >= 0.6 is 0 Å². The standard InChI is InChI=1S/C7H16N2/c1-3-5-6-7(4-2)9-8/h3,7,9H,1,4-6,8H2,2H3. The maximum Gasteiger partial charge on any atom is 0.0210 e. The third kappa shape index (κ3) is 4.18. The van der Waals surface area contributed by atoms with Gasteiger partial charge in [-0.05, 0) is 19.3 Å². The van der Waals surface area contributed by atoms with Crippen molar-refractivity contribution in [3.05, 3.63) is 12.7 Å². The minimum atomic E-state index is 0.461. The van der Waals surface area contributed by atoms with E-state index in [-0.39, 0.29) is 0 Å². The highest BCUT2D eigenvalue weighted by atomic mass is 15.2. The Morgan fingerprint density at radius 2 is 2.44 bits per heavy atom. The van der Waals surface area contributed by atoms with Gasteiger partial charge in [0, 0.05) is 6.04 Å². The van der Waals surface area contributed by atoms with Crippen LogP contribution in [-0.2, 0) is 0 Å². The van der Waals surface area contributed by atoms with Crippen LogP contribution in [0.5, 0.6) is 0 Å². The van der Waals surface area contributed by atoms with Gasteiger partial charge < -0.3 is 0 Å². The second-order valence-electron chi connectivity index (χ2n) is 2.14. The molecule has 3 N–H and O–H groups in total. The van der Waals surface area contributed by atoms with Gasteiger partial charge in [0.15, 0.2) is 0 Å². The van der Waals surface area contributed by atoms with Crippen molar-refractivity contribution in [2.45, 2.75) is 32.2 Å². The summed E-state index contributed by atoms with van der Waals surface area (Å²) in [6, 6.07) is 0.461. The van der Waals surface area contributed by atoms with Crippen molar-refractivity contribution in [3.8, 4) is 0 Å². The molecule has 1 unspecified atom stereocenters. The maximum atomic E-state index is 5.24. The summed E-state index contributed by atoms with van der Waals surface area (Å²) in [5.74, 6) is 5.24. The molecule has 0 saturated heterocycles. The molecule has 0 heterocycles. The zero-order valence-corrected chi connectivity index (χ0v) is 6.06. The van der Waals surface area contributed by atoms with Gasteiger partial charge in [-0.25, -0.2) is 0 Å². The van der Waals surface area contributed by atoms with Gasteiger partial charge in [-0.2, -0.15) is 0 Å². The first kappa shape index (κ1) is 8.66. The van der Waals surface area contributed by atoms with Gasteiger partial charge in [0.25, 0.3) is 0 Å². The Labute approximate surface area is 57.1 Å². The molecular weight excluding hydrogens is 112 g/mol. The summed E-state index contributed by atoms with van der Waals surface area (Å²) in [4.78, 5) is 0. The lowest BCUT2D eigenvalue weighted by Crippen LogP contribution is -2.34. The first-order valence-electron chi connectivity index (χ1n) is 3.42. The second kappa shape index (κ2) is 5.79. The van der Waals surface area contributed by atoms with E-state index < -0.39 is 0 Å². The van der Waals surface area contributed by atoms with Gasteiger partial charge in [0.2, 0.25) is 0 Å². The fraction of sp³-hybridized carbons (Fsp3) is 0.714. The van der Waals surface area contributed by atoms with Crippen LogP contribution in [0.3, 0.4) is 0 Å². The van der Waals surface area contributed by atoms with Crippen molar-refractivity contribution < 1.29 is 0 Å². The van der Waals surface area contributed by atoms with Crippen LogP contribution in [0.1, 0.15) is 26.2 Å². The fourth-order valence-electron chi connectivity index (χ4n) is 0.724. The third-order valence-electron chi connectivity index (χ3n) is 1.45. The highest BCUT2D eigenvalue weighted by molar-refractivity contribution is 4.71. The predicted octanol–water partition coefficient (Wildman–Crippen LogP) is 1.19. The summed E-state index contributed by atoms with van der Waals surface area (Å²) >= 11 is 0. The van der Waals surface area contributed by atoms with Crippen molar-refractivity contribution in [3.63, 3.8) is 0 Å². The van der Waals surface area contributed by atoms with Crippen molar-refractivity contribution >= 4 is 0 Å². The van der Waals surface area contributed by atoms with E-state index >= 15 is 0 Å². The molecular formula is C7H16N2. The zero-order valence-electron chi connectivity index (χ0n) is 6.06. The van der Waals surface area contributed by atoms with Crippen LogP contribution in [0.15, 0.2) is 12.7 Å². The Kier molecular flexibility index (Phi) is 5.57. The molecule has 0 saturated carbocycles. The monoisotopic (exact) mass is 128 g/mol. The fourth-order valence-corrected chi connectivity index (χ4v) is 0.724. The maximum absolute atomic E-state index is 5.24. The molecule has 54 valence electrons. The van der Waals surface area contributed by atoms with Crippen LogP contribution in [-0.4, -0.2) is 6.04 Å². The zero-order chi connectivity index (χ0) is 7.11. The van der Waals surface area contributed by atoms with E-state index in [1.807, 2.05) is 6.08 Å². The first-order chi connectivity index (χ1) is 4.35. The summed E-state index contributed by atoms with van der Waals surface area (Å²) in [5.41, 5.74) is 2.74. The number of hydrazine groups is 1. The second-order valence-corrected chi connectivity index (χ2v) is 2.14. The minimum Gasteiger partial charge on any atom is -0.271 e. The largest absolute Gasteiger partial charge is 0.271 e. The van der Waals surface area contributed by atoms with Crippen molar-refractivity contribution in [2.75, 3.05) is 0 Å². The van der Waals surface area contributed by atoms with Crippen molar-refractivity contribution in [1.82, 2.24) is 5.43 Å². The average Bonchev–Trinajstić information content (AvgIpc) is 1.91. The van der Waals surface area contributed by atoms with Gasteiger partial charge in [0.1, 0.15) is 0 Å². The third-order valence-corrected chi connectivity index (χ3v) is 1.45. The summed E-state index contributed by atoms with van der Waals surface area (Å²) < 4.78 is 0. The molecule has 0 rings (SSSR count). The van der Waals surface area contributed by atoms with Gasteiger partial charge in [-0.3, -0.25) is 11.3 Å². The highest BCUT2D eigenvalue weighted by Gasteiger charge is 1.99. The molecule has 0 aliphatic carbocycles. The quantitative estimate of drug-likeness (QED) is 0.331. The Bertz CT molecular complexity index is 67.3. The molecule has 2 nitrogen and oxygen atoms in total. The summed E-state index contributed by atoms with van der Waals surface area (Å²) in [6.45, 7) is 5.75. The highest BCUT2D eigenvalue weighted by Crippen LogP contribution is 1.99. The van der Waals surface area contributed by atoms with Crippen LogP contribution in [0.2, 0.25) is 0 Å². The van der Waals surface area contributed by atoms with Gasteiger partial charge in [0.05, 0.1) is 0 Å². The van der Waals surface area contributed by atoms with E-state index in [1.54, 1.807) is 0 Å². The SMILES string of the molecule is C=CCCC(CC)NN. The molecule has 0 radical (unpaired) electrons. The Morgan fingerprint density at radius 3 is 2.78 bits per heavy atom. The number of hydrogen-bond acceptors (Lipinski definition) is 2. The van der Waals surface area contributed by atoms with Crippen molar-refractivity contribution in [2.24, 2.45) is 5.84 Å². The van der Waals surface area contributed by atoms with Crippen LogP contribution in [0.25, 0.3) is 0 Å². The number of nitrogens with one attached hydrogen (secondary N) is 1. The molecule has 0 aromatic carbocycles. The number of hydrogen-bond donors (Lipinski definition) is 2. The van der Waals surface area contributed by atoms with E-state index in [1.165, 1.54) is 0 Å². The van der Waals surface area contributed by atoms with Gasteiger partial charge >= 0.3 is 0 Å². The Balaban J connectivity index is 3.19. The van der Waals surface area contributed by atoms with E-state index in [0.717, 1.165) is 19.3 Å². The topological polar surface area (TPSA) is 38.0 Å². The molecule has 0 aromatic heterocycles. The molecule has 9 heavy (non-hydrogen) atoms. The number of allylic oxidation sites excluding steroid dienone is 1. The van der Waals surface area contributed by atoms with Gasteiger partial charge in [-0.1, -0.05) is 13.0 Å². The molecule has 0 amide bonds. The summed E-state index contributed by atoms with van der Waals surface area (Å²) in [5, 5.41) is 0. The molecule has 1 atom stereocenters. The van der Waals surface area contributed by atoms with E-state index in [4.69, 9.17) is 5.84 Å². The molecule has 0 aliphatic rings. The minimum absolute atomic E-state index is 0.461. The van der Waals surface area contributed by atoms with Crippen molar-refractivity contribution in [1.29, 1.82) is 0 Å². The number of nitrogens with two attached hydrogens (primary N) is 1. The van der Waals surface area contributed by atoms with E-state index in [2.05, 4.69) is 18.9 Å². The predicted molar refractivity (Wildman–Crippen MR) is 40.8 cm³/mol. The molecule has 0 bridgehead atoms. The average molecular weight is 128 g/mol. The first-order valence-corrected chi connectivity index (χ1v) is 3.42. The summed E-state index contributed by atoms with van der Waals surface area (Å²) in [6.07, 6.45) is 5.14. The molecule has 0 aromatic rings. The summed E-state index contributed by atoms with van der Waals surface area (Å²) in [7, 11) is 0. The van der Waals surface area contributed by atoms with Crippen LogP contribution in [0.4, 0.5) is 0 Å². The van der Waals surface area contributed by atoms with E-state index in [0.29, 0.717) is 6.04 Å². The van der Waals surface area contributed by atoms with Crippen LogP contribution in [0, 0.1) is 0 Å². The molecule has 0 fully saturated rings. The van der Waals surface area contributed by atoms with Crippen LogP contribution < -0.4 is 11.3 Å². The lowest BCUT2D eigenvalue weighted by molar-refractivity contribution is 0.485. The normalized spacial score (nSPS) is 13.1. The van der Waals surface area contributed by atoms with E-state index in [9.17, 15) is 0 Å². The lowest BCUT2D eigenvalue weighted by atomic mass is 10.1. The number of rotatable bonds is 5. The lowest BCUT2D eigenvalue weighted by Gasteiger charge is -2.10.